The van der Waals surface area contributed by atoms with Gasteiger partial charge in [0.25, 0.3) is 0 Å². The van der Waals surface area contributed by atoms with Crippen molar-refractivity contribution in [1.29, 1.82) is 0 Å². The van der Waals surface area contributed by atoms with Crippen molar-refractivity contribution in [2.24, 2.45) is 0 Å². The van der Waals surface area contributed by atoms with E-state index in [0.717, 1.165) is 31.8 Å². The Bertz CT molecular complexity index is 585. The van der Waals surface area contributed by atoms with Crippen LogP contribution >= 0.6 is 0 Å². The third-order valence-corrected chi connectivity index (χ3v) is 4.13. The van der Waals surface area contributed by atoms with Gasteiger partial charge < -0.3 is 4.74 Å². The van der Waals surface area contributed by atoms with Gasteiger partial charge in [-0.1, -0.05) is 37.6 Å². The molecule has 1 aromatic heterocycles. The molecule has 1 aromatic carbocycles. The van der Waals surface area contributed by atoms with E-state index in [4.69, 9.17) is 4.74 Å². The fourth-order valence-corrected chi connectivity index (χ4v) is 3.01. The molecule has 2 heterocycles. The van der Waals surface area contributed by atoms with Gasteiger partial charge in [-0.15, -0.1) is 0 Å². The summed E-state index contributed by atoms with van der Waals surface area (Å²) in [6, 6.07) is 12.6. The monoisotopic (exact) mass is 296 g/mol. The summed E-state index contributed by atoms with van der Waals surface area (Å²) in [5.41, 5.74) is 2.54. The van der Waals surface area contributed by atoms with E-state index >= 15 is 0 Å². The minimum atomic E-state index is 0.278. The molecule has 0 saturated heterocycles. The molecule has 1 aliphatic rings. The fourth-order valence-electron chi connectivity index (χ4n) is 3.01. The second-order valence-electron chi connectivity index (χ2n) is 6.02. The number of unbranched alkanes of at least 4 members (excludes halogenated alkanes) is 1. The van der Waals surface area contributed by atoms with Gasteiger partial charge in [-0.2, -0.15) is 0 Å². The molecule has 0 fully saturated rings. The average molecular weight is 296 g/mol. The second kappa shape index (κ2) is 7.41. The summed E-state index contributed by atoms with van der Waals surface area (Å²) in [4.78, 5) is 6.70. The van der Waals surface area contributed by atoms with Gasteiger partial charge in [-0.05, 0) is 30.5 Å². The summed E-state index contributed by atoms with van der Waals surface area (Å²) >= 11 is 0. The minimum absolute atomic E-state index is 0.278. The number of fused-ring (bicyclic) bond motifs is 1. The maximum absolute atomic E-state index is 6.27. The van der Waals surface area contributed by atoms with E-state index in [1.807, 2.05) is 18.5 Å². The molecule has 0 aliphatic carbocycles. The second-order valence-corrected chi connectivity index (χ2v) is 6.02. The Balaban J connectivity index is 1.77. The zero-order valence-electron chi connectivity index (χ0n) is 13.2. The van der Waals surface area contributed by atoms with Crippen LogP contribution in [0.2, 0.25) is 0 Å². The number of aromatic nitrogens is 1. The summed E-state index contributed by atoms with van der Waals surface area (Å²) in [6.07, 6.45) is 7.61. The van der Waals surface area contributed by atoms with Gasteiger partial charge in [-0.3, -0.25) is 9.88 Å². The highest BCUT2D eigenvalue weighted by Crippen LogP contribution is 2.27. The number of benzene rings is 1. The molecule has 3 nitrogen and oxygen atoms in total. The Morgan fingerprint density at radius 3 is 2.95 bits per heavy atom. The topological polar surface area (TPSA) is 25.4 Å². The molecule has 3 heteroatoms. The molecular formula is C19H24N2O. The average Bonchev–Trinajstić information content (AvgIpc) is 2.72. The predicted molar refractivity (Wildman–Crippen MR) is 88.7 cm³/mol. The maximum Gasteiger partial charge on any atom is 0.124 e. The van der Waals surface area contributed by atoms with E-state index < -0.39 is 0 Å². The van der Waals surface area contributed by atoms with Crippen LogP contribution in [0.3, 0.4) is 0 Å². The van der Waals surface area contributed by atoms with Gasteiger partial charge in [0.1, 0.15) is 11.9 Å². The molecule has 0 bridgehead atoms. The summed E-state index contributed by atoms with van der Waals surface area (Å²) < 4.78 is 6.27. The van der Waals surface area contributed by atoms with Gasteiger partial charge in [0, 0.05) is 37.6 Å². The van der Waals surface area contributed by atoms with Crippen molar-refractivity contribution in [2.75, 3.05) is 6.54 Å². The van der Waals surface area contributed by atoms with Crippen molar-refractivity contribution in [1.82, 2.24) is 9.88 Å². The van der Waals surface area contributed by atoms with E-state index in [2.05, 4.69) is 47.1 Å². The molecular weight excluding hydrogens is 272 g/mol. The molecule has 0 spiro atoms. The first-order chi connectivity index (χ1) is 10.8. The maximum atomic E-state index is 6.27. The zero-order valence-corrected chi connectivity index (χ0v) is 13.2. The van der Waals surface area contributed by atoms with Gasteiger partial charge in [0.05, 0.1) is 0 Å². The van der Waals surface area contributed by atoms with Crippen molar-refractivity contribution in [3.63, 3.8) is 0 Å². The van der Waals surface area contributed by atoms with Crippen molar-refractivity contribution in [2.45, 2.75) is 45.4 Å². The van der Waals surface area contributed by atoms with Gasteiger partial charge in [0.15, 0.2) is 0 Å². The third kappa shape index (κ3) is 3.86. The highest BCUT2D eigenvalue weighted by Gasteiger charge is 2.22. The summed E-state index contributed by atoms with van der Waals surface area (Å²) in [5, 5.41) is 0. The van der Waals surface area contributed by atoms with Crippen LogP contribution in [0.5, 0.6) is 5.75 Å². The molecule has 22 heavy (non-hydrogen) atoms. The summed E-state index contributed by atoms with van der Waals surface area (Å²) in [6.45, 7) is 5.07. The van der Waals surface area contributed by atoms with E-state index in [9.17, 15) is 0 Å². The van der Waals surface area contributed by atoms with Crippen molar-refractivity contribution in [3.8, 4) is 5.75 Å². The summed E-state index contributed by atoms with van der Waals surface area (Å²) in [7, 11) is 0. The van der Waals surface area contributed by atoms with Crippen LogP contribution in [-0.4, -0.2) is 22.5 Å². The normalized spacial score (nSPS) is 18.3. The lowest BCUT2D eigenvalue weighted by Crippen LogP contribution is -2.32. The van der Waals surface area contributed by atoms with E-state index in [1.54, 1.807) is 0 Å². The molecule has 2 aromatic rings. The number of hydrogen-bond donors (Lipinski definition) is 0. The predicted octanol–water partition coefficient (Wildman–Crippen LogP) is 4.04. The number of ether oxygens (including phenoxy) is 1. The number of para-hydroxylation sites is 1. The largest absolute Gasteiger partial charge is 0.489 e. The van der Waals surface area contributed by atoms with Crippen LogP contribution < -0.4 is 4.74 Å². The molecule has 0 saturated carbocycles. The highest BCUT2D eigenvalue weighted by atomic mass is 16.5. The fraction of sp³-hybridized carbons (Fsp3) is 0.421. The van der Waals surface area contributed by atoms with Gasteiger partial charge in [0.2, 0.25) is 0 Å². The Morgan fingerprint density at radius 1 is 1.23 bits per heavy atom. The van der Waals surface area contributed by atoms with E-state index in [1.165, 1.54) is 24.0 Å². The van der Waals surface area contributed by atoms with Gasteiger partial charge >= 0.3 is 0 Å². The van der Waals surface area contributed by atoms with Crippen LogP contribution in [0.4, 0.5) is 0 Å². The standard InChI is InChI=1S/C19H24N2O/c1-2-3-9-18-15-21(13-16-7-6-11-20-12-16)14-17-8-4-5-10-19(17)22-18/h4-8,10-12,18H,2-3,9,13-15H2,1H3. The minimum Gasteiger partial charge on any atom is -0.489 e. The molecule has 1 unspecified atom stereocenters. The molecule has 3 rings (SSSR count). The molecule has 116 valence electrons. The Labute approximate surface area is 132 Å². The van der Waals surface area contributed by atoms with Crippen LogP contribution in [-0.2, 0) is 13.1 Å². The number of hydrogen-bond acceptors (Lipinski definition) is 3. The van der Waals surface area contributed by atoms with Crippen LogP contribution in [0.25, 0.3) is 0 Å². The lowest BCUT2D eigenvalue weighted by molar-refractivity contribution is 0.133. The number of rotatable bonds is 5. The number of pyridine rings is 1. The Morgan fingerprint density at radius 2 is 2.14 bits per heavy atom. The van der Waals surface area contributed by atoms with Gasteiger partial charge in [-0.25, -0.2) is 0 Å². The van der Waals surface area contributed by atoms with E-state index in [-0.39, 0.29) is 6.10 Å². The SMILES string of the molecule is CCCCC1CN(Cc2cccnc2)Cc2ccccc2O1. The van der Waals surface area contributed by atoms with Crippen LogP contribution in [0, 0.1) is 0 Å². The number of nitrogens with zero attached hydrogens (tertiary/aromatic N) is 2. The van der Waals surface area contributed by atoms with Crippen LogP contribution in [0.15, 0.2) is 48.8 Å². The van der Waals surface area contributed by atoms with Crippen molar-refractivity contribution < 1.29 is 4.74 Å². The quantitative estimate of drug-likeness (QED) is 0.833. The zero-order chi connectivity index (χ0) is 15.2. The first kappa shape index (κ1) is 15.0. The van der Waals surface area contributed by atoms with E-state index in [0.29, 0.717) is 0 Å². The molecule has 0 radical (unpaired) electrons. The van der Waals surface area contributed by atoms with Crippen LogP contribution in [0.1, 0.15) is 37.3 Å². The van der Waals surface area contributed by atoms with Crippen molar-refractivity contribution >= 4 is 0 Å². The molecule has 1 aliphatic heterocycles. The lowest BCUT2D eigenvalue weighted by Gasteiger charge is -2.23. The summed E-state index contributed by atoms with van der Waals surface area (Å²) in [5.74, 6) is 1.05. The Kier molecular flexibility index (Phi) is 5.07. The molecule has 1 atom stereocenters. The lowest BCUT2D eigenvalue weighted by atomic mass is 10.1. The van der Waals surface area contributed by atoms with Crippen molar-refractivity contribution in [3.05, 3.63) is 59.9 Å². The highest BCUT2D eigenvalue weighted by molar-refractivity contribution is 5.34. The molecule has 0 N–H and O–H groups in total. The first-order valence-electron chi connectivity index (χ1n) is 8.21. The smallest absolute Gasteiger partial charge is 0.124 e. The first-order valence-corrected chi connectivity index (χ1v) is 8.21. The molecule has 0 amide bonds. The Hall–Kier alpha value is -1.87. The third-order valence-electron chi connectivity index (χ3n) is 4.13.